The lowest BCUT2D eigenvalue weighted by atomic mass is 10.2. The zero-order valence-electron chi connectivity index (χ0n) is 15.9. The molecule has 0 aliphatic carbocycles. The number of thiocarbonyl (C=S) groups is 1. The van der Waals surface area contributed by atoms with Crippen LogP contribution in [0.4, 0.5) is 0 Å². The molecule has 0 aliphatic rings. The number of benzene rings is 2. The molecule has 0 radical (unpaired) electrons. The molecular weight excluding hydrogens is 517 g/mol. The summed E-state index contributed by atoms with van der Waals surface area (Å²) in [5.74, 6) is -0.322. The van der Waals surface area contributed by atoms with Crippen LogP contribution in [0.25, 0.3) is 0 Å². The zero-order valence-corrected chi connectivity index (χ0v) is 19.8. The molecule has 3 N–H and O–H groups in total. The highest BCUT2D eigenvalue weighted by atomic mass is 79.9. The van der Waals surface area contributed by atoms with E-state index in [1.54, 1.807) is 30.3 Å². The largest absolute Gasteiger partial charge is 0.490 e. The highest BCUT2D eigenvalue weighted by molar-refractivity contribution is 9.10. The molecule has 0 saturated carbocycles. The minimum absolute atomic E-state index is 0.103. The first-order valence-corrected chi connectivity index (χ1v) is 10.6. The highest BCUT2D eigenvalue weighted by Crippen LogP contribution is 2.27. The van der Waals surface area contributed by atoms with E-state index in [1.165, 1.54) is 6.07 Å². The van der Waals surface area contributed by atoms with Gasteiger partial charge in [-0.1, -0.05) is 39.1 Å². The standard InChI is InChI=1S/C19H18BrCl2N3O4S/c1-10(2)29-15-5-3-11(20)7-13(15)18(27)23-19(30)25-24-17(26)9-28-16-6-4-12(21)8-14(16)22/h3-8,10H,9H2,1-2H3,(H,24,26)(H2,23,25,27,30). The molecule has 2 rings (SSSR count). The van der Waals surface area contributed by atoms with Crippen LogP contribution in [-0.2, 0) is 4.79 Å². The molecular formula is C19H18BrCl2N3O4S. The predicted molar refractivity (Wildman–Crippen MR) is 123 cm³/mol. The predicted octanol–water partition coefficient (Wildman–Crippen LogP) is 4.26. The van der Waals surface area contributed by atoms with Gasteiger partial charge in [0.25, 0.3) is 11.8 Å². The average molecular weight is 535 g/mol. The highest BCUT2D eigenvalue weighted by Gasteiger charge is 2.16. The van der Waals surface area contributed by atoms with Crippen LogP contribution in [-0.4, -0.2) is 29.6 Å². The quantitative estimate of drug-likeness (QED) is 0.379. The third kappa shape index (κ3) is 7.64. The van der Waals surface area contributed by atoms with Gasteiger partial charge in [0, 0.05) is 9.50 Å². The minimum Gasteiger partial charge on any atom is -0.490 e. The van der Waals surface area contributed by atoms with E-state index >= 15 is 0 Å². The third-order valence-corrected chi connectivity index (χ3v) is 4.57. The Kier molecular flexibility index (Phi) is 9.16. The maximum absolute atomic E-state index is 12.5. The van der Waals surface area contributed by atoms with Gasteiger partial charge in [0.15, 0.2) is 11.7 Å². The molecule has 0 bridgehead atoms. The summed E-state index contributed by atoms with van der Waals surface area (Å²) in [7, 11) is 0. The fourth-order valence-corrected chi connectivity index (χ4v) is 3.10. The summed E-state index contributed by atoms with van der Waals surface area (Å²) in [6.07, 6.45) is -0.115. The Hall–Kier alpha value is -2.07. The van der Waals surface area contributed by atoms with Crippen molar-refractivity contribution in [2.24, 2.45) is 0 Å². The van der Waals surface area contributed by atoms with E-state index in [0.717, 1.165) is 0 Å². The number of amides is 2. The number of halogens is 3. The SMILES string of the molecule is CC(C)Oc1ccc(Br)cc1C(=O)NC(=S)NNC(=O)COc1ccc(Cl)cc1Cl. The van der Waals surface area contributed by atoms with E-state index in [-0.39, 0.29) is 28.4 Å². The Morgan fingerprint density at radius 3 is 2.47 bits per heavy atom. The number of rotatable bonds is 6. The normalized spacial score (nSPS) is 10.3. The summed E-state index contributed by atoms with van der Waals surface area (Å²) in [5.41, 5.74) is 5.04. The number of hydrogen-bond acceptors (Lipinski definition) is 5. The number of carbonyl (C=O) groups is 2. The molecule has 0 heterocycles. The molecule has 0 aliphatic heterocycles. The van der Waals surface area contributed by atoms with E-state index in [4.69, 9.17) is 44.9 Å². The smallest absolute Gasteiger partial charge is 0.276 e. The molecule has 0 atom stereocenters. The van der Waals surface area contributed by atoms with Crippen molar-refractivity contribution in [1.82, 2.24) is 16.2 Å². The first-order valence-electron chi connectivity index (χ1n) is 8.60. The van der Waals surface area contributed by atoms with Crippen LogP contribution in [0.15, 0.2) is 40.9 Å². The molecule has 7 nitrogen and oxygen atoms in total. The van der Waals surface area contributed by atoms with Gasteiger partial charge in [-0.25, -0.2) is 0 Å². The lowest BCUT2D eigenvalue weighted by Crippen LogP contribution is -2.49. The molecule has 2 aromatic rings. The van der Waals surface area contributed by atoms with Crippen molar-refractivity contribution in [3.63, 3.8) is 0 Å². The summed E-state index contributed by atoms with van der Waals surface area (Å²) in [4.78, 5) is 24.4. The summed E-state index contributed by atoms with van der Waals surface area (Å²) in [6.45, 7) is 3.37. The van der Waals surface area contributed by atoms with Crippen LogP contribution >= 0.6 is 51.3 Å². The second-order valence-corrected chi connectivity index (χ2v) is 8.29. The van der Waals surface area contributed by atoms with E-state index < -0.39 is 11.8 Å². The van der Waals surface area contributed by atoms with Crippen molar-refractivity contribution in [3.8, 4) is 11.5 Å². The molecule has 0 aromatic heterocycles. The van der Waals surface area contributed by atoms with Crippen LogP contribution in [0.5, 0.6) is 11.5 Å². The average Bonchev–Trinajstić information content (AvgIpc) is 2.66. The van der Waals surface area contributed by atoms with Gasteiger partial charge in [-0.15, -0.1) is 0 Å². The summed E-state index contributed by atoms with van der Waals surface area (Å²) < 4.78 is 11.7. The van der Waals surface area contributed by atoms with E-state index in [2.05, 4.69) is 32.1 Å². The van der Waals surface area contributed by atoms with Gasteiger partial charge >= 0.3 is 0 Å². The fourth-order valence-electron chi connectivity index (χ4n) is 2.14. The molecule has 160 valence electrons. The summed E-state index contributed by atoms with van der Waals surface area (Å²) in [6, 6.07) is 9.68. The lowest BCUT2D eigenvalue weighted by Gasteiger charge is -2.15. The molecule has 30 heavy (non-hydrogen) atoms. The lowest BCUT2D eigenvalue weighted by molar-refractivity contribution is -0.123. The second-order valence-electron chi connectivity index (χ2n) is 6.13. The van der Waals surface area contributed by atoms with Crippen LogP contribution < -0.4 is 25.6 Å². The third-order valence-electron chi connectivity index (χ3n) is 3.34. The summed E-state index contributed by atoms with van der Waals surface area (Å²) in [5, 5.41) is 3.10. The fraction of sp³-hybridized carbons (Fsp3) is 0.211. The molecule has 11 heteroatoms. The van der Waals surface area contributed by atoms with Crippen molar-refractivity contribution in [2.75, 3.05) is 6.61 Å². The molecule has 0 saturated heterocycles. The van der Waals surface area contributed by atoms with Gasteiger partial charge in [-0.2, -0.15) is 0 Å². The Bertz CT molecular complexity index is 959. The van der Waals surface area contributed by atoms with Crippen molar-refractivity contribution >= 4 is 68.3 Å². The van der Waals surface area contributed by atoms with Crippen molar-refractivity contribution in [2.45, 2.75) is 20.0 Å². The van der Waals surface area contributed by atoms with Crippen molar-refractivity contribution in [3.05, 3.63) is 56.5 Å². The zero-order chi connectivity index (χ0) is 22.3. The number of hydrazine groups is 1. The van der Waals surface area contributed by atoms with E-state index in [9.17, 15) is 9.59 Å². The Morgan fingerprint density at radius 1 is 1.10 bits per heavy atom. The van der Waals surface area contributed by atoms with Crippen LogP contribution in [0.2, 0.25) is 10.0 Å². The molecule has 0 unspecified atom stereocenters. The molecule has 2 amide bonds. The number of nitrogens with one attached hydrogen (secondary N) is 3. The van der Waals surface area contributed by atoms with Gasteiger partial charge in [-0.3, -0.25) is 25.8 Å². The maximum Gasteiger partial charge on any atom is 0.276 e. The number of hydrogen-bond donors (Lipinski definition) is 3. The van der Waals surface area contributed by atoms with Gasteiger partial charge < -0.3 is 9.47 Å². The maximum atomic E-state index is 12.5. The topological polar surface area (TPSA) is 88.7 Å². The van der Waals surface area contributed by atoms with Crippen molar-refractivity contribution in [1.29, 1.82) is 0 Å². The van der Waals surface area contributed by atoms with Crippen molar-refractivity contribution < 1.29 is 19.1 Å². The first kappa shape index (κ1) is 24.2. The Morgan fingerprint density at radius 2 is 1.80 bits per heavy atom. The minimum atomic E-state index is -0.538. The van der Waals surface area contributed by atoms with Crippen LogP contribution in [0, 0.1) is 0 Å². The number of carbonyl (C=O) groups excluding carboxylic acids is 2. The monoisotopic (exact) mass is 533 g/mol. The van der Waals surface area contributed by atoms with Gasteiger partial charge in [0.2, 0.25) is 0 Å². The Labute approximate surface area is 197 Å². The number of ether oxygens (including phenoxy) is 2. The van der Waals surface area contributed by atoms with Crippen LogP contribution in [0.3, 0.4) is 0 Å². The first-order chi connectivity index (χ1) is 14.2. The van der Waals surface area contributed by atoms with Gasteiger partial charge in [0.1, 0.15) is 11.5 Å². The molecule has 0 fully saturated rings. The molecule has 0 spiro atoms. The summed E-state index contributed by atoms with van der Waals surface area (Å²) >= 11 is 20.1. The molecule has 2 aromatic carbocycles. The van der Waals surface area contributed by atoms with E-state index in [0.29, 0.717) is 21.0 Å². The van der Waals surface area contributed by atoms with Gasteiger partial charge in [0.05, 0.1) is 16.7 Å². The van der Waals surface area contributed by atoms with E-state index in [1.807, 2.05) is 13.8 Å². The second kappa shape index (κ2) is 11.4. The van der Waals surface area contributed by atoms with Crippen LogP contribution in [0.1, 0.15) is 24.2 Å². The Balaban J connectivity index is 1.86. The van der Waals surface area contributed by atoms with Gasteiger partial charge in [-0.05, 0) is 62.5 Å².